The zero-order valence-corrected chi connectivity index (χ0v) is 17.5. The van der Waals surface area contributed by atoms with Gasteiger partial charge < -0.3 is 9.80 Å². The van der Waals surface area contributed by atoms with E-state index in [4.69, 9.17) is 0 Å². The fraction of sp³-hybridized carbons (Fsp3) is 0.333. The molecule has 2 fully saturated rings. The van der Waals surface area contributed by atoms with E-state index < -0.39 is 5.82 Å². The van der Waals surface area contributed by atoms with Gasteiger partial charge in [-0.25, -0.2) is 9.18 Å². The molecule has 0 radical (unpaired) electrons. The van der Waals surface area contributed by atoms with Gasteiger partial charge in [0.25, 0.3) is 0 Å². The highest BCUT2D eigenvalue weighted by Crippen LogP contribution is 2.23. The summed E-state index contributed by atoms with van der Waals surface area (Å²) in [5.74, 6) is -0.482. The highest BCUT2D eigenvalue weighted by Gasteiger charge is 2.33. The summed E-state index contributed by atoms with van der Waals surface area (Å²) in [7, 11) is 0. The van der Waals surface area contributed by atoms with Crippen LogP contribution in [0.2, 0.25) is 0 Å². The first-order chi connectivity index (χ1) is 15.1. The van der Waals surface area contributed by atoms with Gasteiger partial charge in [0.05, 0.1) is 5.69 Å². The number of hydrogen-bond acceptors (Lipinski definition) is 3. The molecule has 2 aliphatic rings. The summed E-state index contributed by atoms with van der Waals surface area (Å²) in [4.78, 5) is 32.4. The minimum atomic E-state index is -0.429. The maximum absolute atomic E-state index is 14.0. The summed E-state index contributed by atoms with van der Waals surface area (Å²) in [5, 5.41) is 0. The van der Waals surface area contributed by atoms with Crippen molar-refractivity contribution in [3.63, 3.8) is 0 Å². The molecule has 0 N–H and O–H groups in total. The van der Waals surface area contributed by atoms with E-state index in [1.54, 1.807) is 18.2 Å². The normalized spacial score (nSPS) is 17.7. The lowest BCUT2D eigenvalue weighted by Gasteiger charge is -2.35. The second-order valence-electron chi connectivity index (χ2n) is 7.80. The number of benzene rings is 2. The van der Waals surface area contributed by atoms with Crippen LogP contribution in [0.5, 0.6) is 0 Å². The molecule has 3 amide bonds. The van der Waals surface area contributed by atoms with E-state index in [0.717, 1.165) is 19.6 Å². The summed E-state index contributed by atoms with van der Waals surface area (Å²) in [5.41, 5.74) is 1.44. The molecular weight excluding hydrogens is 395 g/mol. The van der Waals surface area contributed by atoms with Gasteiger partial charge in [-0.3, -0.25) is 14.6 Å². The number of halogens is 1. The summed E-state index contributed by atoms with van der Waals surface area (Å²) >= 11 is 0. The molecule has 0 saturated carbocycles. The van der Waals surface area contributed by atoms with E-state index in [0.29, 0.717) is 26.2 Å². The Bertz CT molecular complexity index is 942. The Hall–Kier alpha value is -3.19. The van der Waals surface area contributed by atoms with Crippen molar-refractivity contribution in [1.82, 2.24) is 14.7 Å². The molecule has 31 heavy (non-hydrogen) atoms. The number of nitrogens with zero attached hydrogens (tertiary/aromatic N) is 4. The van der Waals surface area contributed by atoms with E-state index in [2.05, 4.69) is 29.2 Å². The number of carbonyl (C=O) groups is 2. The number of anilines is 1. The predicted octanol–water partition coefficient (Wildman–Crippen LogP) is 2.93. The van der Waals surface area contributed by atoms with E-state index in [1.807, 2.05) is 23.1 Å². The van der Waals surface area contributed by atoms with Crippen LogP contribution < -0.4 is 4.90 Å². The summed E-state index contributed by atoms with van der Waals surface area (Å²) in [6.07, 6.45) is 4.25. The highest BCUT2D eigenvalue weighted by atomic mass is 19.1. The van der Waals surface area contributed by atoms with Crippen molar-refractivity contribution in [2.75, 3.05) is 57.3 Å². The number of carbonyl (C=O) groups excluding carboxylic acids is 2. The Balaban J connectivity index is 1.24. The number of hydrogen-bond donors (Lipinski definition) is 0. The van der Waals surface area contributed by atoms with Crippen molar-refractivity contribution in [3.05, 3.63) is 72.1 Å². The third-order valence-corrected chi connectivity index (χ3v) is 5.76. The van der Waals surface area contributed by atoms with Crippen LogP contribution in [-0.4, -0.2) is 79.0 Å². The molecule has 0 aliphatic carbocycles. The van der Waals surface area contributed by atoms with Crippen molar-refractivity contribution in [3.8, 4) is 0 Å². The van der Waals surface area contributed by atoms with E-state index in [9.17, 15) is 14.0 Å². The lowest BCUT2D eigenvalue weighted by Crippen LogP contribution is -2.51. The van der Waals surface area contributed by atoms with Crippen LogP contribution in [0, 0.1) is 5.82 Å². The number of amides is 3. The van der Waals surface area contributed by atoms with E-state index >= 15 is 0 Å². The Morgan fingerprint density at radius 1 is 0.903 bits per heavy atom. The van der Waals surface area contributed by atoms with Crippen LogP contribution in [-0.2, 0) is 4.79 Å². The largest absolute Gasteiger partial charge is 0.339 e. The molecule has 0 atom stereocenters. The van der Waals surface area contributed by atoms with Gasteiger partial charge in [0.1, 0.15) is 12.4 Å². The Labute approximate surface area is 182 Å². The molecule has 6 nitrogen and oxygen atoms in total. The molecule has 0 aromatic heterocycles. The second kappa shape index (κ2) is 9.75. The average Bonchev–Trinajstić information content (AvgIpc) is 3.15. The van der Waals surface area contributed by atoms with Crippen LogP contribution in [0.25, 0.3) is 6.08 Å². The first-order valence-corrected chi connectivity index (χ1v) is 10.6. The summed E-state index contributed by atoms with van der Waals surface area (Å²) < 4.78 is 14.0. The van der Waals surface area contributed by atoms with Gasteiger partial charge in [-0.15, -0.1) is 0 Å². The van der Waals surface area contributed by atoms with Gasteiger partial charge in [0.2, 0.25) is 5.91 Å². The third kappa shape index (κ3) is 5.11. The molecule has 0 unspecified atom stereocenters. The monoisotopic (exact) mass is 422 g/mol. The van der Waals surface area contributed by atoms with Crippen molar-refractivity contribution >= 4 is 23.7 Å². The molecule has 0 bridgehead atoms. The van der Waals surface area contributed by atoms with Gasteiger partial charge in [-0.1, -0.05) is 54.6 Å². The van der Waals surface area contributed by atoms with Gasteiger partial charge in [0.15, 0.2) is 0 Å². The van der Waals surface area contributed by atoms with Crippen molar-refractivity contribution in [2.45, 2.75) is 0 Å². The Morgan fingerprint density at radius 2 is 1.61 bits per heavy atom. The number of piperazine rings is 1. The SMILES string of the molecule is O=C(CN1CCN(c2ccccc2F)C1=O)N1CCN(C/C=C/c2ccccc2)CC1. The predicted molar refractivity (Wildman–Crippen MR) is 119 cm³/mol. The smallest absolute Gasteiger partial charge is 0.325 e. The van der Waals surface area contributed by atoms with Crippen molar-refractivity contribution < 1.29 is 14.0 Å². The van der Waals surface area contributed by atoms with Gasteiger partial charge in [-0.2, -0.15) is 0 Å². The van der Waals surface area contributed by atoms with Crippen LogP contribution in [0.15, 0.2) is 60.7 Å². The maximum Gasteiger partial charge on any atom is 0.325 e. The van der Waals surface area contributed by atoms with E-state index in [1.165, 1.54) is 21.4 Å². The topological polar surface area (TPSA) is 47.1 Å². The molecule has 2 saturated heterocycles. The molecule has 2 aromatic rings. The lowest BCUT2D eigenvalue weighted by atomic mass is 10.2. The lowest BCUT2D eigenvalue weighted by molar-refractivity contribution is -0.133. The minimum Gasteiger partial charge on any atom is -0.339 e. The van der Waals surface area contributed by atoms with Crippen LogP contribution >= 0.6 is 0 Å². The van der Waals surface area contributed by atoms with Crippen LogP contribution in [0.4, 0.5) is 14.9 Å². The average molecular weight is 423 g/mol. The zero-order valence-electron chi connectivity index (χ0n) is 17.5. The Morgan fingerprint density at radius 3 is 2.35 bits per heavy atom. The molecule has 4 rings (SSSR count). The fourth-order valence-electron chi connectivity index (χ4n) is 3.97. The standard InChI is InChI=1S/C24H27FN4O2/c25-21-10-4-5-11-22(21)29-18-17-28(24(29)31)19-23(30)27-15-13-26(14-16-27)12-6-9-20-7-2-1-3-8-20/h1-11H,12-19H2/b9-6+. The molecular formula is C24H27FN4O2. The quantitative estimate of drug-likeness (QED) is 0.719. The van der Waals surface area contributed by atoms with Crippen LogP contribution in [0.1, 0.15) is 5.56 Å². The van der Waals surface area contributed by atoms with Gasteiger partial charge >= 0.3 is 6.03 Å². The minimum absolute atomic E-state index is 0.0394. The number of rotatable bonds is 6. The number of para-hydroxylation sites is 1. The molecule has 0 spiro atoms. The van der Waals surface area contributed by atoms with E-state index in [-0.39, 0.29) is 24.2 Å². The first kappa shape index (κ1) is 21.1. The molecule has 162 valence electrons. The molecule has 2 aromatic carbocycles. The van der Waals surface area contributed by atoms with Gasteiger partial charge in [0, 0.05) is 45.8 Å². The Kier molecular flexibility index (Phi) is 6.62. The maximum atomic E-state index is 14.0. The summed E-state index contributed by atoms with van der Waals surface area (Å²) in [6.45, 7) is 4.60. The van der Waals surface area contributed by atoms with Crippen molar-refractivity contribution in [1.29, 1.82) is 0 Å². The van der Waals surface area contributed by atoms with Crippen LogP contribution in [0.3, 0.4) is 0 Å². The molecule has 2 aliphatic heterocycles. The second-order valence-corrected chi connectivity index (χ2v) is 7.80. The van der Waals surface area contributed by atoms with Crippen molar-refractivity contribution in [2.24, 2.45) is 0 Å². The third-order valence-electron chi connectivity index (χ3n) is 5.76. The zero-order chi connectivity index (χ0) is 21.6. The highest BCUT2D eigenvalue weighted by molar-refractivity contribution is 5.96. The fourth-order valence-corrected chi connectivity index (χ4v) is 3.97. The number of urea groups is 1. The first-order valence-electron chi connectivity index (χ1n) is 10.6. The van der Waals surface area contributed by atoms with Gasteiger partial charge in [-0.05, 0) is 17.7 Å². The molecule has 7 heteroatoms. The molecule has 2 heterocycles. The summed E-state index contributed by atoms with van der Waals surface area (Å²) in [6, 6.07) is 16.1.